The second-order valence-electron chi connectivity index (χ2n) is 11.1. The smallest absolute Gasteiger partial charge is 0.220 e. The molecule has 2 aromatic carbocycles. The maximum absolute atomic E-state index is 13.9. The normalized spacial score (nSPS) is 26.1. The predicted octanol–water partition coefficient (Wildman–Crippen LogP) is 4.87. The lowest BCUT2D eigenvalue weighted by Crippen LogP contribution is -2.51. The number of sulfonamides is 1. The van der Waals surface area contributed by atoms with Gasteiger partial charge in [0.2, 0.25) is 10.0 Å². The molecule has 0 radical (unpaired) electrons. The number of rotatable bonds is 9. The molecule has 0 spiro atoms. The SMILES string of the molecule is C=CC(CC1CC1)S(=O)(=O)N1CC(c2ccc3c(c2)C(Cc2cccc(F)c2)C(N2CCC2)C3)C1. The van der Waals surface area contributed by atoms with Crippen molar-refractivity contribution in [2.75, 3.05) is 26.2 Å². The van der Waals surface area contributed by atoms with Gasteiger partial charge in [0.1, 0.15) is 5.82 Å². The number of nitrogens with zero attached hydrogens (tertiary/aromatic N) is 2. The van der Waals surface area contributed by atoms with Gasteiger partial charge in [0.15, 0.2) is 0 Å². The molecule has 3 unspecified atom stereocenters. The van der Waals surface area contributed by atoms with Crippen LogP contribution in [0.2, 0.25) is 0 Å². The molecule has 6 rings (SSSR count). The Kier molecular flexibility index (Phi) is 6.10. The van der Waals surface area contributed by atoms with Gasteiger partial charge in [-0.15, -0.1) is 6.58 Å². The van der Waals surface area contributed by atoms with Crippen LogP contribution in [0.5, 0.6) is 0 Å². The van der Waals surface area contributed by atoms with E-state index in [1.165, 1.54) is 29.2 Å². The third-order valence-electron chi connectivity index (χ3n) is 8.75. The topological polar surface area (TPSA) is 40.6 Å². The van der Waals surface area contributed by atoms with Gasteiger partial charge >= 0.3 is 0 Å². The second-order valence-corrected chi connectivity index (χ2v) is 13.2. The van der Waals surface area contributed by atoms with Crippen LogP contribution in [0, 0.1) is 11.7 Å². The van der Waals surface area contributed by atoms with Crippen LogP contribution in [-0.2, 0) is 22.9 Å². The Balaban J connectivity index is 1.20. The highest BCUT2D eigenvalue weighted by Crippen LogP contribution is 2.43. The number of hydrogen-bond acceptors (Lipinski definition) is 3. The van der Waals surface area contributed by atoms with Gasteiger partial charge in [0, 0.05) is 31.0 Å². The van der Waals surface area contributed by atoms with E-state index in [4.69, 9.17) is 0 Å². The van der Waals surface area contributed by atoms with Crippen molar-refractivity contribution in [1.82, 2.24) is 9.21 Å². The molecular formula is C29H35FN2O2S. The molecule has 2 aromatic rings. The van der Waals surface area contributed by atoms with E-state index in [-0.39, 0.29) is 11.7 Å². The Hall–Kier alpha value is -2.02. The van der Waals surface area contributed by atoms with Gasteiger partial charge in [0.05, 0.1) is 5.25 Å². The third-order valence-corrected chi connectivity index (χ3v) is 10.9. The fourth-order valence-electron chi connectivity index (χ4n) is 6.26. The summed E-state index contributed by atoms with van der Waals surface area (Å²) >= 11 is 0. The second kappa shape index (κ2) is 9.13. The minimum Gasteiger partial charge on any atom is -0.299 e. The number of halogens is 1. The minimum atomic E-state index is -3.32. The van der Waals surface area contributed by atoms with Crippen LogP contribution >= 0.6 is 0 Å². The molecule has 2 heterocycles. The van der Waals surface area contributed by atoms with Crippen LogP contribution in [0.3, 0.4) is 0 Å². The average molecular weight is 495 g/mol. The zero-order valence-corrected chi connectivity index (χ0v) is 21.1. The Labute approximate surface area is 208 Å². The average Bonchev–Trinajstić information content (AvgIpc) is 3.52. The Morgan fingerprint density at radius 2 is 1.91 bits per heavy atom. The van der Waals surface area contributed by atoms with E-state index >= 15 is 0 Å². The summed E-state index contributed by atoms with van der Waals surface area (Å²) in [6, 6.07) is 14.3. The van der Waals surface area contributed by atoms with Crippen molar-refractivity contribution >= 4 is 10.0 Å². The fourth-order valence-corrected chi connectivity index (χ4v) is 8.18. The first kappa shape index (κ1) is 23.4. The molecular weight excluding hydrogens is 459 g/mol. The van der Waals surface area contributed by atoms with Crippen molar-refractivity contribution in [2.45, 2.75) is 61.7 Å². The summed E-state index contributed by atoms with van der Waals surface area (Å²) in [5.74, 6) is 0.955. The molecule has 3 atom stereocenters. The summed E-state index contributed by atoms with van der Waals surface area (Å²) < 4.78 is 41.8. The molecule has 2 saturated heterocycles. The van der Waals surface area contributed by atoms with Crippen LogP contribution in [0.25, 0.3) is 0 Å². The molecule has 35 heavy (non-hydrogen) atoms. The number of benzene rings is 2. The van der Waals surface area contributed by atoms with Crippen LogP contribution < -0.4 is 0 Å². The lowest BCUT2D eigenvalue weighted by molar-refractivity contribution is 0.106. The van der Waals surface area contributed by atoms with Gasteiger partial charge in [-0.1, -0.05) is 49.2 Å². The lowest BCUT2D eigenvalue weighted by atomic mass is 9.86. The summed E-state index contributed by atoms with van der Waals surface area (Å²) in [5, 5.41) is -0.455. The van der Waals surface area contributed by atoms with Crippen LogP contribution in [0.1, 0.15) is 59.8 Å². The Morgan fingerprint density at radius 3 is 2.57 bits per heavy atom. The largest absolute Gasteiger partial charge is 0.299 e. The van der Waals surface area contributed by atoms with E-state index in [2.05, 4.69) is 29.7 Å². The molecule has 0 bridgehead atoms. The zero-order valence-electron chi connectivity index (χ0n) is 20.3. The molecule has 1 saturated carbocycles. The molecule has 2 aliphatic heterocycles. The van der Waals surface area contributed by atoms with Gasteiger partial charge in [-0.2, -0.15) is 0 Å². The molecule has 3 fully saturated rings. The maximum atomic E-state index is 13.9. The number of fused-ring (bicyclic) bond motifs is 1. The van der Waals surface area contributed by atoms with Crippen molar-refractivity contribution in [3.8, 4) is 0 Å². The zero-order chi connectivity index (χ0) is 24.2. The highest BCUT2D eigenvalue weighted by atomic mass is 32.2. The van der Waals surface area contributed by atoms with E-state index in [1.807, 2.05) is 6.07 Å². The van der Waals surface area contributed by atoms with Crippen LogP contribution in [0.4, 0.5) is 4.39 Å². The van der Waals surface area contributed by atoms with E-state index < -0.39 is 15.3 Å². The first-order chi connectivity index (χ1) is 16.9. The summed E-state index contributed by atoms with van der Waals surface area (Å²) in [6.07, 6.45) is 7.77. The quantitative estimate of drug-likeness (QED) is 0.467. The number of likely N-dealkylation sites (tertiary alicyclic amines) is 1. The standard InChI is InChI=1S/C29H35FN2O2S/c1-2-26(14-20-7-8-20)35(33,34)32-18-24(19-32)22-9-10-23-17-29(31-11-4-12-31)28(27(23)16-22)15-21-5-3-6-25(30)13-21/h2-3,5-6,9-10,13,16,20,24,26,28-29H,1,4,7-8,11-12,14-15,17-19H2. The summed E-state index contributed by atoms with van der Waals surface area (Å²) in [6.45, 7) is 7.21. The molecule has 0 N–H and O–H groups in total. The lowest BCUT2D eigenvalue weighted by Gasteiger charge is -2.40. The fraction of sp³-hybridized carbons (Fsp3) is 0.517. The molecule has 186 valence electrons. The highest BCUT2D eigenvalue weighted by molar-refractivity contribution is 7.89. The maximum Gasteiger partial charge on any atom is 0.220 e. The van der Waals surface area contributed by atoms with Crippen LogP contribution in [-0.4, -0.2) is 55.1 Å². The molecule has 2 aliphatic carbocycles. The van der Waals surface area contributed by atoms with Crippen molar-refractivity contribution in [3.05, 3.63) is 83.2 Å². The summed E-state index contributed by atoms with van der Waals surface area (Å²) in [5.41, 5.74) is 5.06. The van der Waals surface area contributed by atoms with Crippen molar-refractivity contribution < 1.29 is 12.8 Å². The molecule has 4 aliphatic rings. The predicted molar refractivity (Wildman–Crippen MR) is 138 cm³/mol. The van der Waals surface area contributed by atoms with Crippen molar-refractivity contribution in [2.24, 2.45) is 5.92 Å². The van der Waals surface area contributed by atoms with E-state index in [1.54, 1.807) is 22.5 Å². The van der Waals surface area contributed by atoms with E-state index in [0.29, 0.717) is 37.4 Å². The minimum absolute atomic E-state index is 0.176. The van der Waals surface area contributed by atoms with E-state index in [0.717, 1.165) is 44.3 Å². The summed E-state index contributed by atoms with van der Waals surface area (Å²) in [4.78, 5) is 2.58. The van der Waals surface area contributed by atoms with Gasteiger partial charge in [-0.25, -0.2) is 17.1 Å². The van der Waals surface area contributed by atoms with E-state index in [9.17, 15) is 12.8 Å². The first-order valence-electron chi connectivity index (χ1n) is 13.1. The van der Waals surface area contributed by atoms with Crippen molar-refractivity contribution in [1.29, 1.82) is 0 Å². The summed E-state index contributed by atoms with van der Waals surface area (Å²) in [7, 11) is -3.32. The van der Waals surface area contributed by atoms with Gasteiger partial charge < -0.3 is 0 Å². The molecule has 4 nitrogen and oxygen atoms in total. The molecule has 0 amide bonds. The van der Waals surface area contributed by atoms with Crippen molar-refractivity contribution in [3.63, 3.8) is 0 Å². The third kappa shape index (κ3) is 4.49. The monoisotopic (exact) mass is 494 g/mol. The molecule has 6 heteroatoms. The van der Waals surface area contributed by atoms with Crippen LogP contribution in [0.15, 0.2) is 55.1 Å². The first-order valence-corrected chi connectivity index (χ1v) is 14.7. The van der Waals surface area contributed by atoms with Gasteiger partial charge in [0.25, 0.3) is 0 Å². The Bertz CT molecular complexity index is 1210. The van der Waals surface area contributed by atoms with Gasteiger partial charge in [-0.3, -0.25) is 4.90 Å². The highest BCUT2D eigenvalue weighted by Gasteiger charge is 2.43. The van der Waals surface area contributed by atoms with Gasteiger partial charge in [-0.05, 0) is 79.1 Å². The molecule has 0 aromatic heterocycles. The number of hydrogen-bond donors (Lipinski definition) is 0. The Morgan fingerprint density at radius 1 is 1.11 bits per heavy atom.